The minimum Gasteiger partial charge on any atom is -0.313 e. The zero-order valence-corrected chi connectivity index (χ0v) is 13.2. The first kappa shape index (κ1) is 15.1. The first-order valence-corrected chi connectivity index (χ1v) is 9.98. The van der Waals surface area contributed by atoms with Gasteiger partial charge in [-0.05, 0) is 23.6 Å². The minimum atomic E-state index is -3.40. The topological polar surface area (TPSA) is 66.5 Å². The summed E-state index contributed by atoms with van der Waals surface area (Å²) in [7, 11) is -4.26. The summed E-state index contributed by atoms with van der Waals surface area (Å²) >= 11 is 1.26. The number of rotatable bonds is 5. The van der Waals surface area contributed by atoms with Crippen molar-refractivity contribution in [3.05, 3.63) is 17.0 Å². The molecule has 1 aromatic rings. The highest BCUT2D eigenvalue weighted by Gasteiger charge is 2.29. The van der Waals surface area contributed by atoms with Gasteiger partial charge in [0, 0.05) is 41.9 Å². The fourth-order valence-corrected chi connectivity index (χ4v) is 5.93. The van der Waals surface area contributed by atoms with Crippen LogP contribution in [0.1, 0.15) is 12.5 Å². The molecule has 0 aliphatic carbocycles. The smallest absolute Gasteiger partial charge is 0.252 e. The first-order valence-electron chi connectivity index (χ1n) is 6.17. The standard InChI is InChI=1S/C11H18N2O3S3/c1-2-12-8-10-7-11(17-9-10)19(15,16)13-3-5-18(14)6-4-13/h7,9,12H,2-6,8H2,1H3. The van der Waals surface area contributed by atoms with Gasteiger partial charge < -0.3 is 5.32 Å². The molecule has 1 saturated heterocycles. The molecule has 8 heteroatoms. The summed E-state index contributed by atoms with van der Waals surface area (Å²) in [6, 6.07) is 1.73. The van der Waals surface area contributed by atoms with Crippen LogP contribution in [-0.2, 0) is 27.4 Å². The van der Waals surface area contributed by atoms with E-state index < -0.39 is 20.8 Å². The Morgan fingerprint density at radius 1 is 1.42 bits per heavy atom. The lowest BCUT2D eigenvalue weighted by Crippen LogP contribution is -2.41. The SMILES string of the molecule is CCNCc1csc(S(=O)(=O)N2CCS(=O)CC2)c1. The van der Waals surface area contributed by atoms with Gasteiger partial charge in [0.25, 0.3) is 10.0 Å². The van der Waals surface area contributed by atoms with E-state index in [1.807, 2.05) is 12.3 Å². The maximum Gasteiger partial charge on any atom is 0.252 e. The first-order chi connectivity index (χ1) is 9.04. The van der Waals surface area contributed by atoms with Crippen LogP contribution in [0.5, 0.6) is 0 Å². The molecule has 0 radical (unpaired) electrons. The van der Waals surface area contributed by atoms with E-state index in [4.69, 9.17) is 0 Å². The molecule has 0 saturated carbocycles. The number of sulfonamides is 1. The number of hydrogen-bond acceptors (Lipinski definition) is 5. The summed E-state index contributed by atoms with van der Waals surface area (Å²) in [6.45, 7) is 4.27. The summed E-state index contributed by atoms with van der Waals surface area (Å²) in [6.07, 6.45) is 0. The fourth-order valence-electron chi connectivity index (χ4n) is 1.84. The van der Waals surface area contributed by atoms with Gasteiger partial charge in [0.2, 0.25) is 0 Å². The van der Waals surface area contributed by atoms with E-state index in [1.54, 1.807) is 6.07 Å². The molecule has 1 fully saturated rings. The summed E-state index contributed by atoms with van der Waals surface area (Å²) in [5, 5.41) is 5.05. The molecule has 19 heavy (non-hydrogen) atoms. The molecule has 2 heterocycles. The van der Waals surface area contributed by atoms with Crippen molar-refractivity contribution in [3.8, 4) is 0 Å². The predicted molar refractivity (Wildman–Crippen MR) is 78.3 cm³/mol. The molecule has 0 unspecified atom stereocenters. The summed E-state index contributed by atoms with van der Waals surface area (Å²) < 4.78 is 37.9. The van der Waals surface area contributed by atoms with E-state index in [9.17, 15) is 12.6 Å². The van der Waals surface area contributed by atoms with Gasteiger partial charge >= 0.3 is 0 Å². The third kappa shape index (κ3) is 3.63. The van der Waals surface area contributed by atoms with Crippen molar-refractivity contribution < 1.29 is 12.6 Å². The molecule has 0 aromatic carbocycles. The molecule has 1 aromatic heterocycles. The Balaban J connectivity index is 2.10. The largest absolute Gasteiger partial charge is 0.313 e. The molecule has 108 valence electrons. The summed E-state index contributed by atoms with van der Waals surface area (Å²) in [5.41, 5.74) is 0.992. The second kappa shape index (κ2) is 6.45. The normalized spacial score (nSPS) is 18.8. The van der Waals surface area contributed by atoms with Crippen molar-refractivity contribution in [3.63, 3.8) is 0 Å². The Kier molecular flexibility index (Phi) is 5.13. The van der Waals surface area contributed by atoms with Crippen LogP contribution >= 0.6 is 11.3 Å². The lowest BCUT2D eigenvalue weighted by Gasteiger charge is -2.24. The van der Waals surface area contributed by atoms with Crippen LogP contribution in [0.4, 0.5) is 0 Å². The van der Waals surface area contributed by atoms with Gasteiger partial charge in [-0.2, -0.15) is 4.31 Å². The lowest BCUT2D eigenvalue weighted by molar-refractivity contribution is 0.440. The van der Waals surface area contributed by atoms with Crippen LogP contribution in [0.25, 0.3) is 0 Å². The second-order valence-electron chi connectivity index (χ2n) is 4.31. The summed E-state index contributed by atoms with van der Waals surface area (Å²) in [5.74, 6) is 0.879. The Labute approximate surface area is 120 Å². The Morgan fingerprint density at radius 3 is 2.74 bits per heavy atom. The Morgan fingerprint density at radius 2 is 2.11 bits per heavy atom. The summed E-state index contributed by atoms with van der Waals surface area (Å²) in [4.78, 5) is 0. The van der Waals surface area contributed by atoms with Crippen molar-refractivity contribution in [2.75, 3.05) is 31.1 Å². The minimum absolute atomic E-state index is 0.357. The molecule has 0 amide bonds. The lowest BCUT2D eigenvalue weighted by atomic mass is 10.3. The van der Waals surface area contributed by atoms with Gasteiger partial charge in [0.15, 0.2) is 0 Å². The van der Waals surface area contributed by atoms with Gasteiger partial charge in [0.1, 0.15) is 4.21 Å². The number of thiophene rings is 1. The van der Waals surface area contributed by atoms with Crippen LogP contribution < -0.4 is 5.32 Å². The molecule has 5 nitrogen and oxygen atoms in total. The average molecular weight is 322 g/mol. The highest BCUT2D eigenvalue weighted by molar-refractivity contribution is 7.91. The molecule has 1 aliphatic rings. The second-order valence-corrected chi connectivity index (χ2v) is 9.08. The maximum atomic E-state index is 12.4. The van der Waals surface area contributed by atoms with E-state index in [1.165, 1.54) is 15.6 Å². The zero-order valence-electron chi connectivity index (χ0n) is 10.8. The van der Waals surface area contributed by atoms with Gasteiger partial charge in [-0.15, -0.1) is 11.3 Å². The van der Waals surface area contributed by atoms with Crippen molar-refractivity contribution >= 4 is 32.2 Å². The van der Waals surface area contributed by atoms with Crippen molar-refractivity contribution in [1.29, 1.82) is 0 Å². The molecular weight excluding hydrogens is 304 g/mol. The van der Waals surface area contributed by atoms with Gasteiger partial charge in [-0.25, -0.2) is 8.42 Å². The highest BCUT2D eigenvalue weighted by atomic mass is 32.2. The molecule has 1 aliphatic heterocycles. The molecule has 0 bridgehead atoms. The van der Waals surface area contributed by atoms with E-state index in [-0.39, 0.29) is 0 Å². The van der Waals surface area contributed by atoms with Crippen molar-refractivity contribution in [2.45, 2.75) is 17.7 Å². The van der Waals surface area contributed by atoms with E-state index in [2.05, 4.69) is 5.32 Å². The fraction of sp³-hybridized carbons (Fsp3) is 0.636. The maximum absolute atomic E-state index is 12.4. The molecule has 0 spiro atoms. The van der Waals surface area contributed by atoms with Gasteiger partial charge in [0.05, 0.1) is 0 Å². The van der Waals surface area contributed by atoms with Crippen LogP contribution in [-0.4, -0.2) is 48.1 Å². The van der Waals surface area contributed by atoms with E-state index in [0.717, 1.165) is 12.1 Å². The van der Waals surface area contributed by atoms with Crippen molar-refractivity contribution in [1.82, 2.24) is 9.62 Å². The van der Waals surface area contributed by atoms with Gasteiger partial charge in [-0.1, -0.05) is 6.92 Å². The van der Waals surface area contributed by atoms with Gasteiger partial charge in [-0.3, -0.25) is 4.21 Å². The molecule has 1 N–H and O–H groups in total. The van der Waals surface area contributed by atoms with E-state index in [0.29, 0.717) is 35.3 Å². The van der Waals surface area contributed by atoms with Crippen molar-refractivity contribution in [2.24, 2.45) is 0 Å². The quantitative estimate of drug-likeness (QED) is 0.862. The van der Waals surface area contributed by atoms with Crippen LogP contribution in [0.2, 0.25) is 0 Å². The Bertz CT molecular complexity index is 543. The molecule has 2 rings (SSSR count). The predicted octanol–water partition coefficient (Wildman–Crippen LogP) is 0.611. The molecule has 0 atom stereocenters. The van der Waals surface area contributed by atoms with Crippen LogP contribution in [0.15, 0.2) is 15.7 Å². The monoisotopic (exact) mass is 322 g/mol. The third-order valence-electron chi connectivity index (χ3n) is 2.94. The van der Waals surface area contributed by atoms with E-state index >= 15 is 0 Å². The zero-order chi connectivity index (χ0) is 13.9. The number of nitrogens with one attached hydrogen (secondary N) is 1. The highest BCUT2D eigenvalue weighted by Crippen LogP contribution is 2.24. The van der Waals surface area contributed by atoms with Crippen LogP contribution in [0.3, 0.4) is 0 Å². The van der Waals surface area contributed by atoms with Crippen LogP contribution in [0, 0.1) is 0 Å². The number of hydrogen-bond donors (Lipinski definition) is 1. The Hall–Kier alpha value is -0.280. The third-order valence-corrected chi connectivity index (χ3v) is 7.58. The molecular formula is C11H18N2O3S3. The number of nitrogens with zero attached hydrogens (tertiary/aromatic N) is 1. The average Bonchev–Trinajstić information content (AvgIpc) is 2.86.